The molecule has 0 atom stereocenters. The van der Waals surface area contributed by atoms with Crippen LogP contribution in [-0.4, -0.2) is 33.7 Å². The Labute approximate surface area is 186 Å². The Kier molecular flexibility index (Phi) is 7.98. The second-order valence-electron chi connectivity index (χ2n) is 7.31. The Hall–Kier alpha value is -2.96. The first-order valence-corrected chi connectivity index (χ1v) is 10.6. The maximum Gasteiger partial charge on any atom is 0.257 e. The molecule has 0 saturated heterocycles. The van der Waals surface area contributed by atoms with E-state index in [1.165, 1.54) is 10.1 Å². The molecule has 0 fully saturated rings. The molecule has 31 heavy (non-hydrogen) atoms. The van der Waals surface area contributed by atoms with E-state index >= 15 is 0 Å². The first kappa shape index (κ1) is 22.7. The number of nitrogens with one attached hydrogen (secondary N) is 1. The van der Waals surface area contributed by atoms with Crippen molar-refractivity contribution < 1.29 is 9.90 Å². The molecule has 1 amide bonds. The van der Waals surface area contributed by atoms with Gasteiger partial charge in [0.1, 0.15) is 12.4 Å². The van der Waals surface area contributed by atoms with Crippen molar-refractivity contribution >= 4 is 17.5 Å². The zero-order valence-corrected chi connectivity index (χ0v) is 18.2. The van der Waals surface area contributed by atoms with Gasteiger partial charge in [0, 0.05) is 41.4 Å². The van der Waals surface area contributed by atoms with E-state index in [4.69, 9.17) is 11.6 Å². The quantitative estimate of drug-likeness (QED) is 0.501. The number of nitrogens with zero attached hydrogens (tertiary/aromatic N) is 2. The van der Waals surface area contributed by atoms with Crippen LogP contribution in [-0.2, 0) is 24.2 Å². The van der Waals surface area contributed by atoms with Crippen LogP contribution in [0.15, 0.2) is 59.4 Å². The lowest BCUT2D eigenvalue weighted by molar-refractivity contribution is -0.121. The molecule has 3 aromatic rings. The van der Waals surface area contributed by atoms with Gasteiger partial charge in [0.15, 0.2) is 0 Å². The molecule has 0 aliphatic carbocycles. The summed E-state index contributed by atoms with van der Waals surface area (Å²) in [4.78, 5) is 30.3. The average Bonchev–Trinajstić information content (AvgIpc) is 2.77. The number of aryl methyl sites for hydroxylation is 2. The molecule has 0 spiro atoms. The van der Waals surface area contributed by atoms with Crippen LogP contribution < -0.4 is 10.9 Å². The number of rotatable bonds is 9. The number of carbonyl (C=O) groups excluding carboxylic acids is 1. The fraction of sp³-hybridized carbons (Fsp3) is 0.292. The lowest BCUT2D eigenvalue weighted by atomic mass is 10.1. The largest absolute Gasteiger partial charge is 0.396 e. The Morgan fingerprint density at radius 1 is 1.13 bits per heavy atom. The van der Waals surface area contributed by atoms with Crippen molar-refractivity contribution in [3.63, 3.8) is 0 Å². The van der Waals surface area contributed by atoms with Crippen molar-refractivity contribution in [1.29, 1.82) is 0 Å². The van der Waals surface area contributed by atoms with Crippen LogP contribution >= 0.6 is 11.6 Å². The fourth-order valence-corrected chi connectivity index (χ4v) is 3.65. The van der Waals surface area contributed by atoms with Gasteiger partial charge < -0.3 is 10.4 Å². The van der Waals surface area contributed by atoms with Crippen molar-refractivity contribution in [1.82, 2.24) is 14.9 Å². The third-order valence-corrected chi connectivity index (χ3v) is 5.26. The normalized spacial score (nSPS) is 10.8. The predicted molar refractivity (Wildman–Crippen MR) is 122 cm³/mol. The second kappa shape index (κ2) is 10.9. The lowest BCUT2D eigenvalue weighted by Gasteiger charge is -2.16. The molecule has 2 N–H and O–H groups in total. The maximum atomic E-state index is 13.1. The number of amides is 1. The van der Waals surface area contributed by atoms with Gasteiger partial charge in [-0.3, -0.25) is 14.2 Å². The second-order valence-corrected chi connectivity index (χ2v) is 7.75. The number of hydrogen-bond acceptors (Lipinski definition) is 4. The number of carbonyl (C=O) groups is 1. The highest BCUT2D eigenvalue weighted by molar-refractivity contribution is 6.30. The number of aromatic nitrogens is 2. The summed E-state index contributed by atoms with van der Waals surface area (Å²) in [6.07, 6.45) is 1.85. The van der Waals surface area contributed by atoms with Gasteiger partial charge in [-0.15, -0.1) is 0 Å². The molecule has 1 heterocycles. The number of aliphatic hydroxyl groups is 1. The lowest BCUT2D eigenvalue weighted by Crippen LogP contribution is -2.36. The molecule has 162 valence electrons. The van der Waals surface area contributed by atoms with Gasteiger partial charge in [-0.2, -0.15) is 0 Å². The Morgan fingerprint density at radius 2 is 1.90 bits per heavy atom. The van der Waals surface area contributed by atoms with Crippen molar-refractivity contribution in [3.05, 3.63) is 86.8 Å². The van der Waals surface area contributed by atoms with E-state index in [-0.39, 0.29) is 31.0 Å². The minimum atomic E-state index is -0.323. The van der Waals surface area contributed by atoms with E-state index < -0.39 is 0 Å². The SMILES string of the molecule is Cc1nc(-c2cccc(Cl)c2)n(CC(=O)NCCCc2ccccc2)c(=O)c1CCO. The Morgan fingerprint density at radius 3 is 2.61 bits per heavy atom. The Bertz CT molecular complexity index is 1100. The third kappa shape index (κ3) is 6.03. The summed E-state index contributed by atoms with van der Waals surface area (Å²) in [5, 5.41) is 12.7. The molecule has 0 unspecified atom stereocenters. The molecule has 0 aliphatic rings. The van der Waals surface area contributed by atoms with Crippen LogP contribution in [0.3, 0.4) is 0 Å². The first-order chi connectivity index (χ1) is 15.0. The minimum Gasteiger partial charge on any atom is -0.396 e. The highest BCUT2D eigenvalue weighted by atomic mass is 35.5. The number of hydrogen-bond donors (Lipinski definition) is 2. The molecule has 1 aromatic heterocycles. The smallest absolute Gasteiger partial charge is 0.257 e. The molecular weight excluding hydrogens is 414 g/mol. The van der Waals surface area contributed by atoms with Crippen molar-refractivity contribution in [2.45, 2.75) is 32.7 Å². The summed E-state index contributed by atoms with van der Waals surface area (Å²) in [6, 6.07) is 17.1. The van der Waals surface area contributed by atoms with Crippen LogP contribution in [0.1, 0.15) is 23.2 Å². The predicted octanol–water partition coefficient (Wildman–Crippen LogP) is 3.16. The summed E-state index contributed by atoms with van der Waals surface area (Å²) in [5.41, 5.74) is 2.49. The number of halogens is 1. The molecule has 3 rings (SSSR count). The minimum absolute atomic E-state index is 0.155. The van der Waals surface area contributed by atoms with E-state index in [0.29, 0.717) is 34.2 Å². The molecule has 6 nitrogen and oxygen atoms in total. The first-order valence-electron chi connectivity index (χ1n) is 10.3. The molecule has 2 aromatic carbocycles. The van der Waals surface area contributed by atoms with E-state index in [1.54, 1.807) is 31.2 Å². The molecule has 0 saturated carbocycles. The van der Waals surface area contributed by atoms with Gasteiger partial charge in [-0.1, -0.05) is 54.1 Å². The zero-order valence-electron chi connectivity index (χ0n) is 17.5. The molecule has 0 aliphatic heterocycles. The standard InChI is InChI=1S/C24H26ClN3O3/c1-17-21(12-14-29)24(31)28(23(27-17)19-10-5-11-20(25)15-19)16-22(30)26-13-6-9-18-7-3-2-4-8-18/h2-5,7-8,10-11,15,29H,6,9,12-14,16H2,1H3,(H,26,30). The van der Waals surface area contributed by atoms with Gasteiger partial charge in [0.05, 0.1) is 0 Å². The van der Waals surface area contributed by atoms with Crippen LogP contribution in [0, 0.1) is 6.92 Å². The molecule has 0 radical (unpaired) electrons. The number of benzene rings is 2. The van der Waals surface area contributed by atoms with E-state index in [1.807, 2.05) is 18.2 Å². The average molecular weight is 440 g/mol. The molecule has 0 bridgehead atoms. The summed E-state index contributed by atoms with van der Waals surface area (Å²) in [6.45, 7) is 1.92. The Balaban J connectivity index is 1.78. The van der Waals surface area contributed by atoms with Gasteiger partial charge in [-0.25, -0.2) is 4.98 Å². The number of aliphatic hydroxyl groups excluding tert-OH is 1. The van der Waals surface area contributed by atoms with Crippen LogP contribution in [0.4, 0.5) is 0 Å². The van der Waals surface area contributed by atoms with Crippen LogP contribution in [0.25, 0.3) is 11.4 Å². The van der Waals surface area contributed by atoms with Gasteiger partial charge in [-0.05, 0) is 37.5 Å². The van der Waals surface area contributed by atoms with Crippen molar-refractivity contribution in [2.75, 3.05) is 13.2 Å². The van der Waals surface area contributed by atoms with E-state index in [0.717, 1.165) is 12.8 Å². The highest BCUT2D eigenvalue weighted by Gasteiger charge is 2.17. The van der Waals surface area contributed by atoms with Gasteiger partial charge >= 0.3 is 0 Å². The topological polar surface area (TPSA) is 84.2 Å². The van der Waals surface area contributed by atoms with Crippen molar-refractivity contribution in [3.8, 4) is 11.4 Å². The maximum absolute atomic E-state index is 13.1. The monoisotopic (exact) mass is 439 g/mol. The van der Waals surface area contributed by atoms with Crippen LogP contribution in [0.5, 0.6) is 0 Å². The summed E-state index contributed by atoms with van der Waals surface area (Å²) in [7, 11) is 0. The zero-order chi connectivity index (χ0) is 22.2. The summed E-state index contributed by atoms with van der Waals surface area (Å²) >= 11 is 6.12. The van der Waals surface area contributed by atoms with Crippen LogP contribution in [0.2, 0.25) is 5.02 Å². The molecular formula is C24H26ClN3O3. The fourth-order valence-electron chi connectivity index (χ4n) is 3.46. The summed E-state index contributed by atoms with van der Waals surface area (Å²) in [5.74, 6) is 0.116. The van der Waals surface area contributed by atoms with E-state index in [2.05, 4.69) is 22.4 Å². The third-order valence-electron chi connectivity index (χ3n) is 5.02. The van der Waals surface area contributed by atoms with Crippen molar-refractivity contribution in [2.24, 2.45) is 0 Å². The molecule has 7 heteroatoms. The van der Waals surface area contributed by atoms with Gasteiger partial charge in [0.2, 0.25) is 5.91 Å². The van der Waals surface area contributed by atoms with E-state index in [9.17, 15) is 14.7 Å². The summed E-state index contributed by atoms with van der Waals surface area (Å²) < 4.78 is 1.36. The van der Waals surface area contributed by atoms with Gasteiger partial charge in [0.25, 0.3) is 5.56 Å². The highest BCUT2D eigenvalue weighted by Crippen LogP contribution is 2.21.